The maximum absolute atomic E-state index is 5.83. The number of furan rings is 1. The van der Waals surface area contributed by atoms with E-state index in [1.165, 1.54) is 16.3 Å². The second-order valence-corrected chi connectivity index (χ2v) is 5.91. The van der Waals surface area contributed by atoms with Gasteiger partial charge in [-0.3, -0.25) is 0 Å². The monoisotopic (exact) mass is 344 g/mol. The Morgan fingerprint density at radius 1 is 1.05 bits per heavy atom. The summed E-state index contributed by atoms with van der Waals surface area (Å²) in [6.07, 6.45) is 0.914. The van der Waals surface area contributed by atoms with Gasteiger partial charge in [0.1, 0.15) is 17.3 Å². The summed E-state index contributed by atoms with van der Waals surface area (Å²) in [5, 5.41) is 2.37. The van der Waals surface area contributed by atoms with E-state index in [1.807, 2.05) is 24.3 Å². The van der Waals surface area contributed by atoms with Crippen molar-refractivity contribution in [3.63, 3.8) is 0 Å². The average Bonchev–Trinajstić information content (AvgIpc) is 3.02. The molecule has 0 aliphatic carbocycles. The number of halogens is 1. The van der Waals surface area contributed by atoms with Crippen LogP contribution in [0.25, 0.3) is 10.8 Å². The van der Waals surface area contributed by atoms with E-state index < -0.39 is 0 Å². The molecule has 0 fully saturated rings. The topological polar surface area (TPSA) is 22.4 Å². The predicted octanol–water partition coefficient (Wildman–Crippen LogP) is 5.49. The highest BCUT2D eigenvalue weighted by molar-refractivity contribution is 9.09. The molecule has 0 saturated heterocycles. The van der Waals surface area contributed by atoms with Gasteiger partial charge in [-0.25, -0.2) is 0 Å². The van der Waals surface area contributed by atoms with Crippen LogP contribution in [0.3, 0.4) is 0 Å². The summed E-state index contributed by atoms with van der Waals surface area (Å²) in [6, 6.07) is 16.6. The van der Waals surface area contributed by atoms with E-state index in [0.29, 0.717) is 0 Å². The van der Waals surface area contributed by atoms with Crippen molar-refractivity contribution < 1.29 is 9.15 Å². The van der Waals surface area contributed by atoms with E-state index in [4.69, 9.17) is 9.15 Å². The van der Waals surface area contributed by atoms with Gasteiger partial charge in [0.15, 0.2) is 0 Å². The average molecular weight is 345 g/mol. The number of hydrogen-bond acceptors (Lipinski definition) is 2. The summed E-state index contributed by atoms with van der Waals surface area (Å²) in [4.78, 5) is 0.0734. The van der Waals surface area contributed by atoms with Gasteiger partial charge < -0.3 is 9.15 Å². The summed E-state index contributed by atoms with van der Waals surface area (Å²) in [7, 11) is 1.69. The highest BCUT2D eigenvalue weighted by atomic mass is 79.9. The summed E-state index contributed by atoms with van der Waals surface area (Å²) < 4.78 is 11.1. The molecule has 108 valence electrons. The Hall–Kier alpha value is -1.74. The van der Waals surface area contributed by atoms with Crippen LogP contribution >= 0.6 is 15.9 Å². The van der Waals surface area contributed by atoms with Gasteiger partial charge in [0.2, 0.25) is 0 Å². The van der Waals surface area contributed by atoms with Crippen molar-refractivity contribution in [1.82, 2.24) is 0 Å². The number of fused-ring (bicyclic) bond motifs is 1. The molecule has 1 heterocycles. The van der Waals surface area contributed by atoms with E-state index in [0.717, 1.165) is 23.7 Å². The molecule has 0 amide bonds. The Bertz CT molecular complexity index is 761. The van der Waals surface area contributed by atoms with Crippen LogP contribution in [0.15, 0.2) is 52.9 Å². The molecule has 3 rings (SSSR count). The molecule has 0 bridgehead atoms. The van der Waals surface area contributed by atoms with E-state index in [1.54, 1.807) is 7.11 Å². The molecule has 0 aliphatic rings. The van der Waals surface area contributed by atoms with Crippen LogP contribution in [0.4, 0.5) is 0 Å². The largest absolute Gasteiger partial charge is 0.497 e. The molecular formula is C18H17BrO2. The normalized spacial score (nSPS) is 12.5. The van der Waals surface area contributed by atoms with E-state index in [9.17, 15) is 0 Å². The van der Waals surface area contributed by atoms with E-state index >= 15 is 0 Å². The van der Waals surface area contributed by atoms with Crippen LogP contribution in [-0.2, 0) is 6.42 Å². The molecule has 0 saturated carbocycles. The summed E-state index contributed by atoms with van der Waals surface area (Å²) >= 11 is 3.73. The van der Waals surface area contributed by atoms with E-state index in [-0.39, 0.29) is 4.83 Å². The number of rotatable bonds is 4. The maximum atomic E-state index is 5.83. The van der Waals surface area contributed by atoms with Crippen molar-refractivity contribution in [2.75, 3.05) is 7.11 Å². The number of benzene rings is 2. The Labute approximate surface area is 132 Å². The summed E-state index contributed by atoms with van der Waals surface area (Å²) in [5.74, 6) is 2.84. The summed E-state index contributed by atoms with van der Waals surface area (Å²) in [5.41, 5.74) is 1.18. The lowest BCUT2D eigenvalue weighted by Gasteiger charge is -2.09. The van der Waals surface area contributed by atoms with Crippen molar-refractivity contribution in [3.05, 3.63) is 65.6 Å². The lowest BCUT2D eigenvalue weighted by atomic mass is 10.0. The quantitative estimate of drug-likeness (QED) is 0.584. The second-order valence-electron chi connectivity index (χ2n) is 4.99. The third-order valence-corrected chi connectivity index (χ3v) is 4.62. The molecule has 1 aromatic heterocycles. The van der Waals surface area contributed by atoms with Gasteiger partial charge >= 0.3 is 0 Å². The standard InChI is InChI=1S/C18H17BrO2/c1-3-15-8-9-17(21-15)18(19)14-5-4-13-11-16(20-2)7-6-12(13)10-14/h4-11,18H,3H2,1-2H3. The molecule has 0 aliphatic heterocycles. The predicted molar refractivity (Wildman–Crippen MR) is 89.4 cm³/mol. The maximum Gasteiger partial charge on any atom is 0.122 e. The molecule has 21 heavy (non-hydrogen) atoms. The highest BCUT2D eigenvalue weighted by Crippen LogP contribution is 2.34. The zero-order chi connectivity index (χ0) is 14.8. The van der Waals surface area contributed by atoms with Gasteiger partial charge in [0.05, 0.1) is 11.9 Å². The molecule has 2 nitrogen and oxygen atoms in total. The summed E-state index contributed by atoms with van der Waals surface area (Å²) in [6.45, 7) is 2.09. The first-order valence-electron chi connectivity index (χ1n) is 7.01. The van der Waals surface area contributed by atoms with Gasteiger partial charge in [-0.15, -0.1) is 0 Å². The highest BCUT2D eigenvalue weighted by Gasteiger charge is 2.14. The molecule has 0 radical (unpaired) electrons. The van der Waals surface area contributed by atoms with Crippen molar-refractivity contribution in [3.8, 4) is 5.75 Å². The first kappa shape index (κ1) is 14.2. The third-order valence-electron chi connectivity index (χ3n) is 3.64. The Balaban J connectivity index is 1.96. The number of hydrogen-bond donors (Lipinski definition) is 0. The van der Waals surface area contributed by atoms with Crippen LogP contribution in [0.1, 0.15) is 28.8 Å². The van der Waals surface area contributed by atoms with Gasteiger partial charge in [-0.05, 0) is 46.7 Å². The molecule has 2 aromatic carbocycles. The zero-order valence-electron chi connectivity index (χ0n) is 12.1. The minimum atomic E-state index is 0.0734. The van der Waals surface area contributed by atoms with Gasteiger partial charge in [0.25, 0.3) is 0 Å². The fourth-order valence-corrected chi connectivity index (χ4v) is 2.94. The molecular weight excluding hydrogens is 328 g/mol. The molecule has 1 unspecified atom stereocenters. The molecule has 0 spiro atoms. The Morgan fingerprint density at radius 3 is 2.52 bits per heavy atom. The number of methoxy groups -OCH3 is 1. The number of aryl methyl sites for hydroxylation is 1. The van der Waals surface area contributed by atoms with Gasteiger partial charge in [0, 0.05) is 6.42 Å². The van der Waals surface area contributed by atoms with Crippen molar-refractivity contribution in [2.45, 2.75) is 18.2 Å². The lowest BCUT2D eigenvalue weighted by Crippen LogP contribution is -1.91. The van der Waals surface area contributed by atoms with Crippen LogP contribution in [-0.4, -0.2) is 7.11 Å². The smallest absolute Gasteiger partial charge is 0.122 e. The number of ether oxygens (including phenoxy) is 1. The second kappa shape index (κ2) is 5.94. The van der Waals surface area contributed by atoms with Gasteiger partial charge in [-0.2, -0.15) is 0 Å². The molecule has 3 heteroatoms. The Kier molecular flexibility index (Phi) is 4.02. The number of alkyl halides is 1. The zero-order valence-corrected chi connectivity index (χ0v) is 13.7. The third kappa shape index (κ3) is 2.84. The minimum absolute atomic E-state index is 0.0734. The molecule has 3 aromatic rings. The van der Waals surface area contributed by atoms with Gasteiger partial charge in [-0.1, -0.05) is 41.1 Å². The van der Waals surface area contributed by atoms with Crippen molar-refractivity contribution in [2.24, 2.45) is 0 Å². The fraction of sp³-hybridized carbons (Fsp3) is 0.222. The lowest BCUT2D eigenvalue weighted by molar-refractivity contribution is 0.415. The SMILES string of the molecule is CCc1ccc(C(Br)c2ccc3cc(OC)ccc3c2)o1. The molecule has 1 atom stereocenters. The van der Waals surface area contributed by atoms with E-state index in [2.05, 4.69) is 47.1 Å². The van der Waals surface area contributed by atoms with Crippen molar-refractivity contribution >= 4 is 26.7 Å². The minimum Gasteiger partial charge on any atom is -0.497 e. The van der Waals surface area contributed by atoms with Crippen molar-refractivity contribution in [1.29, 1.82) is 0 Å². The first-order valence-corrected chi connectivity index (χ1v) is 7.93. The fourth-order valence-electron chi connectivity index (χ4n) is 2.41. The first-order chi connectivity index (χ1) is 10.2. The molecule has 0 N–H and O–H groups in total. The van der Waals surface area contributed by atoms with Crippen LogP contribution in [0.5, 0.6) is 5.75 Å². The van der Waals surface area contributed by atoms with Crippen LogP contribution < -0.4 is 4.74 Å². The Morgan fingerprint density at radius 2 is 1.81 bits per heavy atom. The van der Waals surface area contributed by atoms with Crippen LogP contribution in [0.2, 0.25) is 0 Å². The van der Waals surface area contributed by atoms with Crippen LogP contribution in [0, 0.1) is 0 Å².